The minimum absolute atomic E-state index is 0.168. The number of carbonyl (C=O) groups is 1. The van der Waals surface area contributed by atoms with Crippen LogP contribution in [-0.4, -0.2) is 24.5 Å². The van der Waals surface area contributed by atoms with Gasteiger partial charge >= 0.3 is 0 Å². The molecular weight excluding hydrogens is 194 g/mol. The van der Waals surface area contributed by atoms with Crippen LogP contribution in [0.25, 0.3) is 0 Å². The summed E-state index contributed by atoms with van der Waals surface area (Å²) < 4.78 is 0. The summed E-state index contributed by atoms with van der Waals surface area (Å²) in [7, 11) is 1.70. The van der Waals surface area contributed by atoms with E-state index in [0.29, 0.717) is 6.42 Å². The molecule has 0 aromatic rings. The number of unbranched alkanes of at least 4 members (excludes halogenated alkanes) is 1. The van der Waals surface area contributed by atoms with Crippen LogP contribution in [0.4, 0.5) is 0 Å². The van der Waals surface area contributed by atoms with Crippen LogP contribution >= 0.6 is 11.8 Å². The molecule has 0 bridgehead atoms. The van der Waals surface area contributed by atoms with E-state index in [1.807, 2.05) is 11.8 Å². The van der Waals surface area contributed by atoms with Gasteiger partial charge < -0.3 is 5.32 Å². The van der Waals surface area contributed by atoms with Crippen molar-refractivity contribution in [3.63, 3.8) is 0 Å². The van der Waals surface area contributed by atoms with Crippen molar-refractivity contribution in [2.24, 2.45) is 0 Å². The van der Waals surface area contributed by atoms with Crippen molar-refractivity contribution in [1.82, 2.24) is 5.32 Å². The predicted octanol–water partition coefficient (Wildman–Crippen LogP) is 2.82. The van der Waals surface area contributed by atoms with Gasteiger partial charge in [-0.2, -0.15) is 11.8 Å². The van der Waals surface area contributed by atoms with Gasteiger partial charge in [0.15, 0.2) is 0 Å². The van der Waals surface area contributed by atoms with Crippen LogP contribution in [0, 0.1) is 0 Å². The second-order valence-electron chi connectivity index (χ2n) is 3.57. The molecule has 84 valence electrons. The van der Waals surface area contributed by atoms with Gasteiger partial charge in [0.2, 0.25) is 5.91 Å². The predicted molar refractivity (Wildman–Crippen MR) is 64.7 cm³/mol. The highest BCUT2D eigenvalue weighted by Crippen LogP contribution is 2.19. The second-order valence-corrected chi connectivity index (χ2v) is 4.70. The van der Waals surface area contributed by atoms with E-state index in [1.54, 1.807) is 7.05 Å². The average molecular weight is 217 g/mol. The smallest absolute Gasteiger partial charge is 0.219 e. The Labute approximate surface area is 92.2 Å². The summed E-state index contributed by atoms with van der Waals surface area (Å²) >= 11 is 1.96. The molecule has 0 saturated carbocycles. The topological polar surface area (TPSA) is 29.1 Å². The molecule has 0 rings (SSSR count). The van der Waals surface area contributed by atoms with Gasteiger partial charge in [-0.05, 0) is 25.5 Å². The molecule has 0 saturated heterocycles. The minimum Gasteiger partial charge on any atom is -0.359 e. The van der Waals surface area contributed by atoms with Crippen LogP contribution in [-0.2, 0) is 4.79 Å². The van der Waals surface area contributed by atoms with Gasteiger partial charge in [-0.3, -0.25) is 4.79 Å². The van der Waals surface area contributed by atoms with Gasteiger partial charge in [-0.15, -0.1) is 0 Å². The molecule has 1 amide bonds. The molecule has 0 aliphatic heterocycles. The lowest BCUT2D eigenvalue weighted by Gasteiger charge is -2.12. The highest BCUT2D eigenvalue weighted by Gasteiger charge is 2.05. The maximum Gasteiger partial charge on any atom is 0.219 e. The number of nitrogens with one attached hydrogen (secondary N) is 1. The van der Waals surface area contributed by atoms with Crippen molar-refractivity contribution < 1.29 is 4.79 Å². The summed E-state index contributed by atoms with van der Waals surface area (Å²) in [5.41, 5.74) is 0. The number of carbonyl (C=O) groups excluding carboxylic acids is 1. The molecule has 0 spiro atoms. The summed E-state index contributed by atoms with van der Waals surface area (Å²) in [6, 6.07) is 0. The van der Waals surface area contributed by atoms with E-state index < -0.39 is 0 Å². The summed E-state index contributed by atoms with van der Waals surface area (Å²) in [4.78, 5) is 10.9. The van der Waals surface area contributed by atoms with Gasteiger partial charge in [0.05, 0.1) is 0 Å². The molecule has 0 aromatic heterocycles. The molecule has 0 radical (unpaired) electrons. The summed E-state index contributed by atoms with van der Waals surface area (Å²) in [5.74, 6) is 0.168. The van der Waals surface area contributed by atoms with Crippen LogP contribution in [0.2, 0.25) is 0 Å². The van der Waals surface area contributed by atoms with E-state index in [4.69, 9.17) is 0 Å². The molecule has 1 atom stereocenters. The van der Waals surface area contributed by atoms with E-state index >= 15 is 0 Å². The highest BCUT2D eigenvalue weighted by molar-refractivity contribution is 7.99. The Kier molecular flexibility index (Phi) is 9.26. The van der Waals surface area contributed by atoms with E-state index in [0.717, 1.165) is 11.7 Å². The maximum absolute atomic E-state index is 10.9. The first-order valence-corrected chi connectivity index (χ1v) is 6.76. The van der Waals surface area contributed by atoms with Gasteiger partial charge in [0.1, 0.15) is 0 Å². The van der Waals surface area contributed by atoms with Crippen molar-refractivity contribution in [1.29, 1.82) is 0 Å². The van der Waals surface area contributed by atoms with Crippen LogP contribution in [0.15, 0.2) is 0 Å². The fourth-order valence-electron chi connectivity index (χ4n) is 1.48. The third-order valence-electron chi connectivity index (χ3n) is 2.40. The first-order chi connectivity index (χ1) is 6.74. The lowest BCUT2D eigenvalue weighted by atomic mass is 10.1. The lowest BCUT2D eigenvalue weighted by molar-refractivity contribution is -0.120. The lowest BCUT2D eigenvalue weighted by Crippen LogP contribution is -2.17. The molecule has 2 nitrogen and oxygen atoms in total. The molecule has 1 N–H and O–H groups in total. The quantitative estimate of drug-likeness (QED) is 0.633. The molecular formula is C11H23NOS. The van der Waals surface area contributed by atoms with E-state index in [-0.39, 0.29) is 5.91 Å². The van der Waals surface area contributed by atoms with Gasteiger partial charge in [-0.1, -0.05) is 19.8 Å². The fourth-order valence-corrected chi connectivity index (χ4v) is 2.36. The Hall–Kier alpha value is -0.180. The molecule has 0 aliphatic carbocycles. The number of hydrogen-bond donors (Lipinski definition) is 1. The van der Waals surface area contributed by atoms with Crippen molar-refractivity contribution in [2.45, 2.75) is 50.7 Å². The van der Waals surface area contributed by atoms with Crippen LogP contribution < -0.4 is 5.32 Å². The van der Waals surface area contributed by atoms with Crippen LogP contribution in [0.5, 0.6) is 0 Å². The number of rotatable bonds is 8. The Morgan fingerprint density at radius 2 is 2.07 bits per heavy atom. The fraction of sp³-hybridized carbons (Fsp3) is 0.909. The van der Waals surface area contributed by atoms with Crippen molar-refractivity contribution in [2.75, 3.05) is 13.3 Å². The average Bonchev–Trinajstić information content (AvgIpc) is 2.22. The van der Waals surface area contributed by atoms with Crippen molar-refractivity contribution in [3.05, 3.63) is 0 Å². The van der Waals surface area contributed by atoms with Crippen LogP contribution in [0.1, 0.15) is 45.4 Å². The zero-order valence-corrected chi connectivity index (χ0v) is 10.5. The number of amides is 1. The van der Waals surface area contributed by atoms with Crippen LogP contribution in [0.3, 0.4) is 0 Å². The molecule has 14 heavy (non-hydrogen) atoms. The summed E-state index contributed by atoms with van der Waals surface area (Å²) in [6.07, 6.45) is 8.90. The number of hydrogen-bond acceptors (Lipinski definition) is 2. The summed E-state index contributed by atoms with van der Waals surface area (Å²) in [5, 5.41) is 3.44. The first-order valence-electron chi connectivity index (χ1n) is 5.48. The standard InChI is InChI=1S/C11H23NOS/c1-4-7-10(14-3)8-5-6-9-11(13)12-2/h10H,4-9H2,1-3H3,(H,12,13). The Balaban J connectivity index is 3.37. The molecule has 0 fully saturated rings. The first kappa shape index (κ1) is 13.8. The zero-order chi connectivity index (χ0) is 10.8. The molecule has 1 unspecified atom stereocenters. The van der Waals surface area contributed by atoms with E-state index in [1.165, 1.54) is 25.7 Å². The highest BCUT2D eigenvalue weighted by atomic mass is 32.2. The van der Waals surface area contributed by atoms with Gasteiger partial charge in [0.25, 0.3) is 0 Å². The van der Waals surface area contributed by atoms with Crippen molar-refractivity contribution in [3.8, 4) is 0 Å². The Bertz CT molecular complexity index is 150. The minimum atomic E-state index is 0.168. The second kappa shape index (κ2) is 9.38. The largest absolute Gasteiger partial charge is 0.359 e. The molecule has 3 heteroatoms. The molecule has 0 aromatic carbocycles. The number of thioether (sulfide) groups is 1. The van der Waals surface area contributed by atoms with E-state index in [9.17, 15) is 4.79 Å². The molecule has 0 aliphatic rings. The molecule has 0 heterocycles. The Morgan fingerprint density at radius 1 is 1.36 bits per heavy atom. The van der Waals surface area contributed by atoms with Gasteiger partial charge in [0, 0.05) is 18.7 Å². The monoisotopic (exact) mass is 217 g/mol. The zero-order valence-electron chi connectivity index (χ0n) is 9.64. The third-order valence-corrected chi connectivity index (χ3v) is 3.54. The van der Waals surface area contributed by atoms with Crippen molar-refractivity contribution >= 4 is 17.7 Å². The Morgan fingerprint density at radius 3 is 2.57 bits per heavy atom. The van der Waals surface area contributed by atoms with Gasteiger partial charge in [-0.25, -0.2) is 0 Å². The third kappa shape index (κ3) is 7.25. The maximum atomic E-state index is 10.9. The normalized spacial score (nSPS) is 12.5. The summed E-state index contributed by atoms with van der Waals surface area (Å²) in [6.45, 7) is 2.23. The van der Waals surface area contributed by atoms with E-state index in [2.05, 4.69) is 18.5 Å². The SMILES string of the molecule is CCCC(CCCCC(=O)NC)SC.